The number of fused-ring (bicyclic) bond motifs is 1. The Kier molecular flexibility index (Phi) is 2.29. The van der Waals surface area contributed by atoms with E-state index in [4.69, 9.17) is 11.5 Å². The number of rotatable bonds is 1. The van der Waals surface area contributed by atoms with E-state index < -0.39 is 0 Å². The van der Waals surface area contributed by atoms with Crippen molar-refractivity contribution < 1.29 is 0 Å². The number of amidine groups is 1. The van der Waals surface area contributed by atoms with Crippen molar-refractivity contribution >= 4 is 22.6 Å². The van der Waals surface area contributed by atoms with E-state index in [9.17, 15) is 0 Å². The molecule has 5 nitrogen and oxygen atoms in total. The number of nitrogens with zero attached hydrogens (tertiary/aromatic N) is 3. The van der Waals surface area contributed by atoms with Gasteiger partial charge in [-0.2, -0.15) is 5.10 Å². The molecule has 1 aromatic carbocycles. The third-order valence-corrected chi connectivity index (χ3v) is 3.52. The van der Waals surface area contributed by atoms with Gasteiger partial charge in [-0.15, -0.1) is 0 Å². The third kappa shape index (κ3) is 1.76. The Morgan fingerprint density at radius 1 is 1.18 bits per heavy atom. The smallest absolute Gasteiger partial charge is 0.198 e. The molecule has 0 saturated carbocycles. The van der Waals surface area contributed by atoms with Crippen LogP contribution in [-0.4, -0.2) is 21.4 Å². The zero-order valence-corrected chi connectivity index (χ0v) is 9.76. The first-order chi connectivity index (χ1) is 8.24. The Morgan fingerprint density at radius 3 is 2.71 bits per heavy atom. The minimum absolute atomic E-state index is 0.171. The highest BCUT2D eigenvalue weighted by atomic mass is 32.2. The van der Waals surface area contributed by atoms with Gasteiger partial charge in [0.15, 0.2) is 5.50 Å². The van der Waals surface area contributed by atoms with Crippen molar-refractivity contribution in [1.82, 2.24) is 5.01 Å². The molecule has 0 radical (unpaired) electrons. The molecule has 17 heavy (non-hydrogen) atoms. The van der Waals surface area contributed by atoms with E-state index in [0.29, 0.717) is 11.7 Å². The van der Waals surface area contributed by atoms with E-state index in [1.165, 1.54) is 0 Å². The zero-order chi connectivity index (χ0) is 11.8. The highest BCUT2D eigenvalue weighted by molar-refractivity contribution is 8.15. The average molecular weight is 245 g/mol. The first-order valence-electron chi connectivity index (χ1n) is 5.14. The van der Waals surface area contributed by atoms with Crippen molar-refractivity contribution in [3.63, 3.8) is 0 Å². The molecule has 0 spiro atoms. The maximum Gasteiger partial charge on any atom is 0.198 e. The van der Waals surface area contributed by atoms with Gasteiger partial charge in [0.25, 0.3) is 0 Å². The second-order valence-electron chi connectivity index (χ2n) is 3.68. The molecular formula is C11H11N5S. The molecule has 2 heterocycles. The van der Waals surface area contributed by atoms with Crippen molar-refractivity contribution in [2.75, 3.05) is 0 Å². The predicted molar refractivity (Wildman–Crippen MR) is 70.1 cm³/mol. The van der Waals surface area contributed by atoms with Gasteiger partial charge in [-0.05, 0) is 0 Å². The number of hydrogen-bond acceptors (Lipinski definition) is 6. The van der Waals surface area contributed by atoms with Crippen LogP contribution in [0.15, 0.2) is 52.3 Å². The maximum atomic E-state index is 5.86. The number of thioether (sulfide) groups is 1. The van der Waals surface area contributed by atoms with Gasteiger partial charge >= 0.3 is 0 Å². The van der Waals surface area contributed by atoms with E-state index in [1.54, 1.807) is 22.8 Å². The molecule has 0 aromatic heterocycles. The second-order valence-corrected chi connectivity index (χ2v) is 4.73. The monoisotopic (exact) mass is 245 g/mol. The Hall–Kier alpha value is -1.95. The molecular weight excluding hydrogens is 234 g/mol. The van der Waals surface area contributed by atoms with E-state index in [0.717, 1.165) is 10.6 Å². The van der Waals surface area contributed by atoms with Gasteiger partial charge in [-0.1, -0.05) is 42.1 Å². The van der Waals surface area contributed by atoms with Crippen LogP contribution in [0.2, 0.25) is 0 Å². The topological polar surface area (TPSA) is 80.0 Å². The fraction of sp³-hybridized carbons (Fsp3) is 0.0909. The van der Waals surface area contributed by atoms with Gasteiger partial charge in [0, 0.05) is 11.6 Å². The molecule has 86 valence electrons. The van der Waals surface area contributed by atoms with Gasteiger partial charge in [0.05, 0.1) is 0 Å². The van der Waals surface area contributed by atoms with Crippen LogP contribution < -0.4 is 11.5 Å². The van der Waals surface area contributed by atoms with Crippen molar-refractivity contribution in [2.45, 2.75) is 5.50 Å². The Balaban J connectivity index is 1.94. The summed E-state index contributed by atoms with van der Waals surface area (Å²) in [6.07, 6.45) is 1.62. The summed E-state index contributed by atoms with van der Waals surface area (Å²) in [5, 5.41) is 7.04. The highest BCUT2D eigenvalue weighted by Crippen LogP contribution is 2.33. The highest BCUT2D eigenvalue weighted by Gasteiger charge is 2.31. The summed E-state index contributed by atoms with van der Waals surface area (Å²) in [5.74, 6) is 0.974. The molecule has 2 aliphatic heterocycles. The molecule has 0 amide bonds. The molecule has 1 atom stereocenters. The number of hydrazone groups is 1. The summed E-state index contributed by atoms with van der Waals surface area (Å²) >= 11 is 1.54. The number of nitrogens with two attached hydrogens (primary N) is 2. The molecule has 1 aromatic rings. The summed E-state index contributed by atoms with van der Waals surface area (Å²) < 4.78 is 0. The Bertz CT molecular complexity index is 534. The van der Waals surface area contributed by atoms with Crippen LogP contribution in [0.3, 0.4) is 0 Å². The predicted octanol–water partition coefficient (Wildman–Crippen LogP) is 0.851. The first-order valence-corrected chi connectivity index (χ1v) is 6.02. The standard InChI is InChI=1S/C11H11N5S/c12-8-6-9(13)16-11(14-8)17-10(15-16)7-4-2-1-3-5-7/h1-6,11H,13H2,(H2,12,14). The van der Waals surface area contributed by atoms with Crippen LogP contribution >= 0.6 is 11.8 Å². The maximum absolute atomic E-state index is 5.86. The Morgan fingerprint density at radius 2 is 1.94 bits per heavy atom. The summed E-state index contributed by atoms with van der Waals surface area (Å²) in [7, 11) is 0. The molecule has 0 fully saturated rings. The molecule has 0 aliphatic carbocycles. The summed E-state index contributed by atoms with van der Waals surface area (Å²) in [6, 6.07) is 9.95. The normalized spacial score (nSPS) is 22.7. The first kappa shape index (κ1) is 10.2. The zero-order valence-electron chi connectivity index (χ0n) is 8.95. The SMILES string of the molecule is NC1=CC(N)=NC2SC(c3ccccc3)=NN12. The van der Waals surface area contributed by atoms with E-state index in [-0.39, 0.29) is 5.50 Å². The van der Waals surface area contributed by atoms with Gasteiger partial charge in [-0.25, -0.2) is 10.0 Å². The lowest BCUT2D eigenvalue weighted by Crippen LogP contribution is -2.33. The minimum Gasteiger partial charge on any atom is -0.384 e. The summed E-state index contributed by atoms with van der Waals surface area (Å²) in [5.41, 5.74) is 12.4. The van der Waals surface area contributed by atoms with Crippen molar-refractivity contribution in [3.05, 3.63) is 47.8 Å². The van der Waals surface area contributed by atoms with Crippen molar-refractivity contribution in [2.24, 2.45) is 21.6 Å². The van der Waals surface area contributed by atoms with Crippen LogP contribution in [-0.2, 0) is 0 Å². The van der Waals surface area contributed by atoms with Gasteiger partial charge in [0.1, 0.15) is 16.7 Å². The lowest BCUT2D eigenvalue weighted by atomic mass is 10.2. The molecule has 3 rings (SSSR count). The van der Waals surface area contributed by atoms with Crippen LogP contribution in [0.25, 0.3) is 0 Å². The third-order valence-electron chi connectivity index (χ3n) is 2.47. The van der Waals surface area contributed by atoms with Crippen LogP contribution in [0, 0.1) is 0 Å². The fourth-order valence-corrected chi connectivity index (χ4v) is 2.73. The number of hydrogen-bond donors (Lipinski definition) is 2. The molecule has 4 N–H and O–H groups in total. The van der Waals surface area contributed by atoms with E-state index >= 15 is 0 Å². The van der Waals surface area contributed by atoms with Crippen LogP contribution in [0.5, 0.6) is 0 Å². The molecule has 0 saturated heterocycles. The molecule has 2 aliphatic rings. The van der Waals surface area contributed by atoms with Gasteiger partial charge in [0.2, 0.25) is 0 Å². The lowest BCUT2D eigenvalue weighted by Gasteiger charge is -2.22. The van der Waals surface area contributed by atoms with E-state index in [1.807, 2.05) is 30.3 Å². The van der Waals surface area contributed by atoms with Gasteiger partial charge < -0.3 is 11.5 Å². The quantitative estimate of drug-likeness (QED) is 0.768. The van der Waals surface area contributed by atoms with Crippen molar-refractivity contribution in [1.29, 1.82) is 0 Å². The van der Waals surface area contributed by atoms with Crippen molar-refractivity contribution in [3.8, 4) is 0 Å². The fourth-order valence-electron chi connectivity index (χ4n) is 1.68. The van der Waals surface area contributed by atoms with Crippen LogP contribution in [0.4, 0.5) is 0 Å². The van der Waals surface area contributed by atoms with E-state index in [2.05, 4.69) is 10.1 Å². The number of benzene rings is 1. The summed E-state index contributed by atoms with van der Waals surface area (Å²) in [6.45, 7) is 0. The molecule has 6 heteroatoms. The average Bonchev–Trinajstić information content (AvgIpc) is 2.74. The largest absolute Gasteiger partial charge is 0.384 e. The molecule has 0 bridgehead atoms. The van der Waals surface area contributed by atoms with Gasteiger partial charge in [-0.3, -0.25) is 0 Å². The molecule has 1 unspecified atom stereocenters. The number of aliphatic imine (C=N–C) groups is 1. The van der Waals surface area contributed by atoms with Crippen LogP contribution in [0.1, 0.15) is 5.56 Å². The lowest BCUT2D eigenvalue weighted by molar-refractivity contribution is 0.349. The Labute approximate surface area is 103 Å². The minimum atomic E-state index is -0.171. The summed E-state index contributed by atoms with van der Waals surface area (Å²) in [4.78, 5) is 4.28. The second kappa shape index (κ2) is 3.81.